The first kappa shape index (κ1) is 12.7. The highest BCUT2D eigenvalue weighted by Crippen LogP contribution is 2.27. The van der Waals surface area contributed by atoms with Gasteiger partial charge in [-0.3, -0.25) is 4.57 Å². The summed E-state index contributed by atoms with van der Waals surface area (Å²) in [5.74, 6) is 0.170. The minimum Gasteiger partial charge on any atom is -0.394 e. The molecule has 0 aromatic carbocycles. The highest BCUT2D eigenvalue weighted by Gasteiger charge is 2.35. The second-order valence-corrected chi connectivity index (χ2v) is 4.94. The third-order valence-electron chi connectivity index (χ3n) is 2.63. The van der Waals surface area contributed by atoms with Gasteiger partial charge in [0, 0.05) is 12.6 Å². The number of aliphatic hydroxyl groups excluding tert-OH is 2. The molecule has 2 rings (SSSR count). The van der Waals surface area contributed by atoms with Crippen molar-refractivity contribution in [2.45, 2.75) is 24.9 Å². The van der Waals surface area contributed by atoms with Gasteiger partial charge in [-0.15, -0.1) is 0 Å². The van der Waals surface area contributed by atoms with Crippen molar-refractivity contribution in [2.24, 2.45) is 0 Å². The molecule has 1 saturated heterocycles. The van der Waals surface area contributed by atoms with Crippen LogP contribution in [-0.4, -0.2) is 38.6 Å². The van der Waals surface area contributed by atoms with Gasteiger partial charge in [0.15, 0.2) is 0 Å². The molecule has 1 aliphatic rings. The maximum absolute atomic E-state index is 11.6. The van der Waals surface area contributed by atoms with Crippen molar-refractivity contribution < 1.29 is 14.9 Å². The average Bonchev–Trinajstić information content (AvgIpc) is 2.65. The minimum atomic E-state index is -0.785. The van der Waals surface area contributed by atoms with E-state index in [2.05, 4.69) is 4.98 Å². The van der Waals surface area contributed by atoms with Gasteiger partial charge in [-0.2, -0.15) is 4.98 Å². The molecule has 17 heavy (non-hydrogen) atoms. The first-order valence-corrected chi connectivity index (χ1v) is 6.09. The Morgan fingerprint density at radius 1 is 1.71 bits per heavy atom. The van der Waals surface area contributed by atoms with Crippen LogP contribution in [0.4, 0.5) is 5.82 Å². The van der Waals surface area contributed by atoms with E-state index in [0.717, 1.165) is 0 Å². The Morgan fingerprint density at radius 3 is 3.00 bits per heavy atom. The van der Waals surface area contributed by atoms with Crippen molar-refractivity contribution in [3.05, 3.63) is 20.3 Å². The molecule has 1 aliphatic heterocycles. The Balaban J connectivity index is 2.30. The van der Waals surface area contributed by atoms with Gasteiger partial charge in [-0.05, 0) is 22.6 Å². The number of halogens is 1. The molecule has 0 bridgehead atoms. The molecule has 0 unspecified atom stereocenters. The molecular weight excluding hydrogens is 339 g/mol. The van der Waals surface area contributed by atoms with E-state index in [9.17, 15) is 9.90 Å². The Labute approximate surface area is 110 Å². The van der Waals surface area contributed by atoms with Crippen LogP contribution in [0.5, 0.6) is 0 Å². The number of ether oxygens (including phenoxy) is 1. The zero-order chi connectivity index (χ0) is 12.6. The molecule has 94 valence electrons. The molecule has 1 aromatic rings. The van der Waals surface area contributed by atoms with Gasteiger partial charge in [0.1, 0.15) is 18.1 Å². The van der Waals surface area contributed by atoms with Crippen LogP contribution in [0.15, 0.2) is 11.0 Å². The Bertz CT molecular complexity index is 478. The van der Waals surface area contributed by atoms with Crippen molar-refractivity contribution >= 4 is 28.4 Å². The summed E-state index contributed by atoms with van der Waals surface area (Å²) >= 11 is 1.96. The average molecular weight is 351 g/mol. The number of aromatic nitrogens is 2. The van der Waals surface area contributed by atoms with Gasteiger partial charge in [-0.1, -0.05) is 0 Å². The maximum atomic E-state index is 11.6. The summed E-state index contributed by atoms with van der Waals surface area (Å²) in [7, 11) is 0. The Kier molecular flexibility index (Phi) is 3.66. The van der Waals surface area contributed by atoms with E-state index in [1.165, 1.54) is 10.8 Å². The molecule has 0 spiro atoms. The molecule has 7 nitrogen and oxygen atoms in total. The van der Waals surface area contributed by atoms with E-state index < -0.39 is 24.1 Å². The molecule has 0 saturated carbocycles. The van der Waals surface area contributed by atoms with E-state index in [4.69, 9.17) is 15.6 Å². The zero-order valence-corrected chi connectivity index (χ0v) is 10.9. The topological polar surface area (TPSA) is 111 Å². The molecule has 2 heterocycles. The fourth-order valence-electron chi connectivity index (χ4n) is 1.71. The summed E-state index contributed by atoms with van der Waals surface area (Å²) in [6.45, 7) is -0.286. The number of nitrogens with two attached hydrogens (primary N) is 1. The quantitative estimate of drug-likeness (QED) is 0.594. The second kappa shape index (κ2) is 4.88. The number of hydrogen-bond acceptors (Lipinski definition) is 6. The first-order chi connectivity index (χ1) is 8.02. The third-order valence-corrected chi connectivity index (χ3v) is 3.46. The SMILES string of the molecule is Nc1nc(=O)n([C@H]2C[C@H](O)[C@@H](CO)O2)cc1[125I]. The predicted octanol–water partition coefficient (Wildman–Crippen LogP) is -0.929. The summed E-state index contributed by atoms with van der Waals surface area (Å²) in [6, 6.07) is 0. The summed E-state index contributed by atoms with van der Waals surface area (Å²) in [5, 5.41) is 18.5. The summed E-state index contributed by atoms with van der Waals surface area (Å²) in [6.07, 6.45) is -0.291. The lowest BCUT2D eigenvalue weighted by molar-refractivity contribution is -0.0459. The fourth-order valence-corrected chi connectivity index (χ4v) is 2.13. The normalized spacial score (nSPS) is 28.5. The van der Waals surface area contributed by atoms with Crippen LogP contribution in [0.3, 0.4) is 0 Å². The second-order valence-electron chi connectivity index (χ2n) is 3.78. The van der Waals surface area contributed by atoms with Crippen LogP contribution < -0.4 is 11.4 Å². The van der Waals surface area contributed by atoms with Crippen LogP contribution in [-0.2, 0) is 4.74 Å². The molecule has 3 atom stereocenters. The number of anilines is 1. The molecule has 0 aliphatic carbocycles. The van der Waals surface area contributed by atoms with Gasteiger partial charge in [0.2, 0.25) is 0 Å². The lowest BCUT2D eigenvalue weighted by Crippen LogP contribution is -2.28. The number of rotatable bonds is 2. The minimum absolute atomic E-state index is 0.170. The number of aliphatic hydroxyl groups is 2. The summed E-state index contributed by atoms with van der Waals surface area (Å²) in [4.78, 5) is 15.3. The van der Waals surface area contributed by atoms with Crippen molar-refractivity contribution in [3.63, 3.8) is 0 Å². The smallest absolute Gasteiger partial charge is 0.351 e. The first-order valence-electron chi connectivity index (χ1n) is 5.01. The summed E-state index contributed by atoms with van der Waals surface area (Å²) in [5.41, 5.74) is 4.98. The van der Waals surface area contributed by atoms with Crippen LogP contribution in [0.25, 0.3) is 0 Å². The van der Waals surface area contributed by atoms with Crippen LogP contribution in [0.2, 0.25) is 0 Å². The van der Waals surface area contributed by atoms with Crippen molar-refractivity contribution in [3.8, 4) is 0 Å². The lowest BCUT2D eigenvalue weighted by Gasteiger charge is -2.14. The number of hydrogen-bond donors (Lipinski definition) is 3. The summed E-state index contributed by atoms with van der Waals surface area (Å²) < 4.78 is 7.27. The Morgan fingerprint density at radius 2 is 2.41 bits per heavy atom. The zero-order valence-electron chi connectivity index (χ0n) is 8.78. The number of nitrogen functional groups attached to an aromatic ring is 1. The standard InChI is InChI=1S/C9H12IN3O4/c10-4-2-13(9(16)12-8(4)11)7-1-5(15)6(3-14)17-7/h2,5-7,14-15H,1,3H2,(H2,11,12,16)/t5-,6+,7+/m0/s1/i10-2. The molecule has 0 amide bonds. The molecular formula is C9H12IN3O4. The maximum Gasteiger partial charge on any atom is 0.351 e. The van der Waals surface area contributed by atoms with Gasteiger partial charge in [-0.25, -0.2) is 4.79 Å². The monoisotopic (exact) mass is 351 g/mol. The third kappa shape index (κ3) is 2.44. The lowest BCUT2D eigenvalue weighted by atomic mass is 10.2. The van der Waals surface area contributed by atoms with Gasteiger partial charge < -0.3 is 20.7 Å². The van der Waals surface area contributed by atoms with Crippen LogP contribution in [0.1, 0.15) is 12.6 Å². The van der Waals surface area contributed by atoms with Gasteiger partial charge in [0.25, 0.3) is 0 Å². The van der Waals surface area contributed by atoms with E-state index in [0.29, 0.717) is 3.57 Å². The molecule has 1 aromatic heterocycles. The van der Waals surface area contributed by atoms with Crippen molar-refractivity contribution in [2.75, 3.05) is 12.3 Å². The van der Waals surface area contributed by atoms with E-state index in [1.807, 2.05) is 22.6 Å². The molecule has 1 fully saturated rings. The van der Waals surface area contributed by atoms with Crippen LogP contribution in [0, 0.1) is 3.57 Å². The van der Waals surface area contributed by atoms with Gasteiger partial charge >= 0.3 is 5.69 Å². The molecule has 8 heteroatoms. The highest BCUT2D eigenvalue weighted by molar-refractivity contribution is 14.1. The van der Waals surface area contributed by atoms with E-state index in [-0.39, 0.29) is 18.8 Å². The molecule has 0 radical (unpaired) electrons. The van der Waals surface area contributed by atoms with Crippen molar-refractivity contribution in [1.29, 1.82) is 0 Å². The largest absolute Gasteiger partial charge is 0.394 e. The van der Waals surface area contributed by atoms with E-state index in [1.54, 1.807) is 0 Å². The number of nitrogens with zero attached hydrogens (tertiary/aromatic N) is 2. The fraction of sp³-hybridized carbons (Fsp3) is 0.556. The van der Waals surface area contributed by atoms with Gasteiger partial charge in [0.05, 0.1) is 16.3 Å². The Hall–Kier alpha value is -0.710. The van der Waals surface area contributed by atoms with Crippen molar-refractivity contribution in [1.82, 2.24) is 9.55 Å². The predicted molar refractivity (Wildman–Crippen MR) is 67.2 cm³/mol. The van der Waals surface area contributed by atoms with Crippen LogP contribution >= 0.6 is 22.6 Å². The highest BCUT2D eigenvalue weighted by atomic mass is 125. The van der Waals surface area contributed by atoms with E-state index >= 15 is 0 Å². The molecule has 4 N–H and O–H groups in total.